The third-order valence-electron chi connectivity index (χ3n) is 5.35. The molecular weight excluding hydrogens is 381 g/mol. The summed E-state index contributed by atoms with van der Waals surface area (Å²) < 4.78 is 22.0. The summed E-state index contributed by atoms with van der Waals surface area (Å²) >= 11 is 0. The summed E-state index contributed by atoms with van der Waals surface area (Å²) in [5.41, 5.74) is 9.93. The number of piperidine rings is 1. The third-order valence-corrected chi connectivity index (χ3v) is 5.35. The summed E-state index contributed by atoms with van der Waals surface area (Å²) in [6.07, 6.45) is 9.38. The smallest absolute Gasteiger partial charge is 0.165 e. The number of rotatable bonds is 5. The van der Waals surface area contributed by atoms with Gasteiger partial charge < -0.3 is 15.8 Å². The number of ether oxygens (including phenoxy) is 1. The van der Waals surface area contributed by atoms with Crippen molar-refractivity contribution in [1.82, 2.24) is 20.1 Å². The Morgan fingerprint density at radius 3 is 2.77 bits per heavy atom. The van der Waals surface area contributed by atoms with Crippen molar-refractivity contribution < 1.29 is 9.13 Å². The second kappa shape index (κ2) is 8.67. The van der Waals surface area contributed by atoms with Crippen LogP contribution in [0.4, 0.5) is 10.1 Å². The Morgan fingerprint density at radius 1 is 1.27 bits per heavy atom. The van der Waals surface area contributed by atoms with Crippen molar-refractivity contribution in [2.75, 3.05) is 18.8 Å². The maximum atomic E-state index is 14.2. The summed E-state index contributed by atoms with van der Waals surface area (Å²) in [6, 6.07) is 7.06. The first kappa shape index (κ1) is 20.1. The van der Waals surface area contributed by atoms with Gasteiger partial charge in [-0.15, -0.1) is 0 Å². The molecule has 0 bridgehead atoms. The fraction of sp³-hybridized carbons (Fsp3) is 0.304. The van der Waals surface area contributed by atoms with Crippen molar-refractivity contribution >= 4 is 11.4 Å². The molecule has 0 saturated carbocycles. The predicted octanol–water partition coefficient (Wildman–Crippen LogP) is 4.34. The lowest BCUT2D eigenvalue weighted by Crippen LogP contribution is -2.29. The number of hydrogen-bond donors (Lipinski definition) is 2. The number of nitrogens with two attached hydrogens (primary N) is 1. The maximum absolute atomic E-state index is 14.2. The fourth-order valence-electron chi connectivity index (χ4n) is 3.65. The molecule has 1 fully saturated rings. The van der Waals surface area contributed by atoms with Crippen molar-refractivity contribution in [1.29, 1.82) is 0 Å². The number of aryl methyl sites for hydroxylation is 1. The fourth-order valence-corrected chi connectivity index (χ4v) is 3.65. The van der Waals surface area contributed by atoms with Gasteiger partial charge in [0.25, 0.3) is 0 Å². The van der Waals surface area contributed by atoms with Crippen LogP contribution in [0.25, 0.3) is 17.0 Å². The Balaban J connectivity index is 1.56. The van der Waals surface area contributed by atoms with E-state index in [1.807, 2.05) is 30.9 Å². The second-order valence-electron chi connectivity index (χ2n) is 7.54. The standard InChI is InChI=1S/C23H26FN5O/c1-3-22(30-23-5-4-15(2)10-19(23)24)18-13-27-21(11-20(18)25)16-12-28-29(14-16)17-6-8-26-9-7-17/h3-5,10-14,17,26H,6-9H2,1-2H3,(H2,25,27)/b22-3+. The van der Waals surface area contributed by atoms with Gasteiger partial charge in [0.05, 0.1) is 23.5 Å². The molecule has 1 saturated heterocycles. The van der Waals surface area contributed by atoms with Crippen LogP contribution in [-0.4, -0.2) is 27.9 Å². The number of hydrogen-bond acceptors (Lipinski definition) is 5. The van der Waals surface area contributed by atoms with Gasteiger partial charge in [0.2, 0.25) is 0 Å². The molecule has 2 aromatic heterocycles. The van der Waals surface area contributed by atoms with E-state index >= 15 is 0 Å². The number of nitrogens with one attached hydrogen (secondary N) is 1. The third kappa shape index (κ3) is 4.21. The number of anilines is 1. The number of nitrogens with zero attached hydrogens (tertiary/aromatic N) is 3. The van der Waals surface area contributed by atoms with Crippen molar-refractivity contribution in [3.05, 3.63) is 65.9 Å². The molecule has 0 spiro atoms. The molecule has 0 atom stereocenters. The van der Waals surface area contributed by atoms with Gasteiger partial charge in [0, 0.05) is 23.6 Å². The molecule has 6 nitrogen and oxygen atoms in total. The zero-order valence-corrected chi connectivity index (χ0v) is 17.2. The number of nitrogen functional groups attached to an aromatic ring is 1. The van der Waals surface area contributed by atoms with Crippen molar-refractivity contribution in [3.8, 4) is 17.0 Å². The Bertz CT molecular complexity index is 1070. The van der Waals surface area contributed by atoms with E-state index in [-0.39, 0.29) is 5.75 Å². The van der Waals surface area contributed by atoms with Gasteiger partial charge in [0.1, 0.15) is 5.76 Å². The molecule has 1 aromatic carbocycles. The molecular formula is C23H26FN5O. The van der Waals surface area contributed by atoms with Crippen molar-refractivity contribution in [2.24, 2.45) is 0 Å². The minimum absolute atomic E-state index is 0.153. The number of halogens is 1. The molecule has 0 unspecified atom stereocenters. The first-order valence-electron chi connectivity index (χ1n) is 10.2. The van der Waals surface area contributed by atoms with Gasteiger partial charge in [-0.05, 0) is 69.6 Å². The first-order valence-corrected chi connectivity index (χ1v) is 10.2. The van der Waals surface area contributed by atoms with Crippen LogP contribution in [-0.2, 0) is 0 Å². The zero-order valence-electron chi connectivity index (χ0n) is 17.2. The van der Waals surface area contributed by atoms with Crippen LogP contribution in [0.2, 0.25) is 0 Å². The van der Waals surface area contributed by atoms with Gasteiger partial charge in [-0.3, -0.25) is 9.67 Å². The predicted molar refractivity (Wildman–Crippen MR) is 116 cm³/mol. The van der Waals surface area contributed by atoms with Crippen LogP contribution in [0.15, 0.2) is 48.9 Å². The Labute approximate surface area is 175 Å². The van der Waals surface area contributed by atoms with Gasteiger partial charge in [-0.1, -0.05) is 6.07 Å². The molecule has 30 heavy (non-hydrogen) atoms. The Morgan fingerprint density at radius 2 is 2.07 bits per heavy atom. The van der Waals surface area contributed by atoms with Gasteiger partial charge in [0.15, 0.2) is 11.6 Å². The van der Waals surface area contributed by atoms with E-state index in [1.165, 1.54) is 6.07 Å². The first-order chi connectivity index (χ1) is 14.5. The summed E-state index contributed by atoms with van der Waals surface area (Å²) in [7, 11) is 0. The number of aromatic nitrogens is 3. The molecule has 0 amide bonds. The molecule has 3 N–H and O–H groups in total. The highest BCUT2D eigenvalue weighted by atomic mass is 19.1. The molecule has 0 aliphatic carbocycles. The molecule has 4 rings (SSSR count). The van der Waals surface area contributed by atoms with Crippen LogP contribution in [0, 0.1) is 12.7 Å². The highest BCUT2D eigenvalue weighted by Gasteiger charge is 2.17. The Kier molecular flexibility index (Phi) is 5.81. The minimum Gasteiger partial charge on any atom is -0.454 e. The zero-order chi connectivity index (χ0) is 21.1. The molecule has 3 aromatic rings. The average molecular weight is 407 g/mol. The summed E-state index contributed by atoms with van der Waals surface area (Å²) in [4.78, 5) is 4.55. The van der Waals surface area contributed by atoms with Crippen LogP contribution in [0.1, 0.15) is 36.9 Å². The second-order valence-corrected chi connectivity index (χ2v) is 7.54. The topological polar surface area (TPSA) is 78.0 Å². The highest BCUT2D eigenvalue weighted by Crippen LogP contribution is 2.30. The van der Waals surface area contributed by atoms with Crippen molar-refractivity contribution in [3.63, 3.8) is 0 Å². The average Bonchev–Trinajstić information content (AvgIpc) is 3.25. The highest BCUT2D eigenvalue weighted by molar-refractivity contribution is 5.75. The molecule has 3 heterocycles. The SMILES string of the molecule is C/C=C(/Oc1ccc(C)cc1F)c1cnc(-c2cnn(C3CCNCC3)c2)cc1N. The molecule has 0 radical (unpaired) electrons. The number of benzene rings is 1. The summed E-state index contributed by atoms with van der Waals surface area (Å²) in [6.45, 7) is 5.66. The van der Waals surface area contributed by atoms with E-state index < -0.39 is 5.82 Å². The van der Waals surface area contributed by atoms with E-state index in [0.717, 1.165) is 42.8 Å². The number of pyridine rings is 1. The van der Waals surface area contributed by atoms with Crippen LogP contribution < -0.4 is 15.8 Å². The largest absolute Gasteiger partial charge is 0.454 e. The molecule has 156 valence electrons. The monoisotopic (exact) mass is 407 g/mol. The molecule has 7 heteroatoms. The van der Waals surface area contributed by atoms with E-state index in [4.69, 9.17) is 10.5 Å². The van der Waals surface area contributed by atoms with E-state index in [0.29, 0.717) is 23.1 Å². The van der Waals surface area contributed by atoms with Crippen molar-refractivity contribution in [2.45, 2.75) is 32.7 Å². The molecule has 1 aliphatic heterocycles. The van der Waals surface area contributed by atoms with Gasteiger partial charge >= 0.3 is 0 Å². The normalized spacial score (nSPS) is 15.4. The maximum Gasteiger partial charge on any atom is 0.165 e. The minimum atomic E-state index is -0.414. The Hall–Kier alpha value is -3.19. The number of allylic oxidation sites excluding steroid dienone is 1. The lowest BCUT2D eigenvalue weighted by molar-refractivity contribution is 0.343. The lowest BCUT2D eigenvalue weighted by Gasteiger charge is -2.22. The van der Waals surface area contributed by atoms with Crippen LogP contribution >= 0.6 is 0 Å². The van der Waals surface area contributed by atoms with Gasteiger partial charge in [-0.2, -0.15) is 5.10 Å². The lowest BCUT2D eigenvalue weighted by atomic mass is 10.1. The summed E-state index contributed by atoms with van der Waals surface area (Å²) in [5, 5.41) is 7.89. The van der Waals surface area contributed by atoms with Crippen LogP contribution in [0.3, 0.4) is 0 Å². The van der Waals surface area contributed by atoms with Crippen LogP contribution in [0.5, 0.6) is 5.75 Å². The van der Waals surface area contributed by atoms with E-state index in [1.54, 1.807) is 30.5 Å². The molecule has 1 aliphatic rings. The summed E-state index contributed by atoms with van der Waals surface area (Å²) in [5.74, 6) is 0.197. The van der Waals surface area contributed by atoms with E-state index in [9.17, 15) is 4.39 Å². The van der Waals surface area contributed by atoms with E-state index in [2.05, 4.69) is 15.4 Å². The quantitative estimate of drug-likeness (QED) is 0.615. The van der Waals surface area contributed by atoms with Gasteiger partial charge in [-0.25, -0.2) is 4.39 Å².